The number of rotatable bonds is 3. The van der Waals surface area contributed by atoms with E-state index < -0.39 is 17.1 Å². The zero-order chi connectivity index (χ0) is 13.9. The van der Waals surface area contributed by atoms with Gasteiger partial charge in [-0.1, -0.05) is 6.92 Å². The van der Waals surface area contributed by atoms with E-state index in [1.165, 1.54) is 0 Å². The maximum absolute atomic E-state index is 11.6. The standard InChI is InChI=1S/C13H24O4/c1-9(11(15)17-13(5,6)7)8-10(14)16-12(2,3)4/h9H,8H2,1-7H3/t9-/m1/s1. The van der Waals surface area contributed by atoms with Crippen molar-refractivity contribution in [2.24, 2.45) is 5.92 Å². The van der Waals surface area contributed by atoms with Gasteiger partial charge in [-0.25, -0.2) is 0 Å². The minimum absolute atomic E-state index is 0.0478. The molecule has 0 aromatic carbocycles. The second-order valence-corrected chi connectivity index (χ2v) is 6.23. The Balaban J connectivity index is 4.22. The van der Waals surface area contributed by atoms with Gasteiger partial charge in [-0.05, 0) is 41.5 Å². The molecule has 0 fully saturated rings. The van der Waals surface area contributed by atoms with Crippen molar-refractivity contribution in [2.75, 3.05) is 0 Å². The van der Waals surface area contributed by atoms with Crippen LogP contribution in [0.3, 0.4) is 0 Å². The van der Waals surface area contributed by atoms with Crippen molar-refractivity contribution in [2.45, 2.75) is 66.1 Å². The van der Waals surface area contributed by atoms with Crippen molar-refractivity contribution in [1.29, 1.82) is 0 Å². The highest BCUT2D eigenvalue weighted by atomic mass is 16.6. The van der Waals surface area contributed by atoms with E-state index in [0.717, 1.165) is 0 Å². The van der Waals surface area contributed by atoms with Crippen molar-refractivity contribution in [3.8, 4) is 0 Å². The van der Waals surface area contributed by atoms with Gasteiger partial charge in [-0.15, -0.1) is 0 Å². The van der Waals surface area contributed by atoms with Gasteiger partial charge >= 0.3 is 11.9 Å². The number of ether oxygens (including phenoxy) is 2. The first-order chi connectivity index (χ1) is 7.41. The molecule has 0 saturated carbocycles. The Hall–Kier alpha value is -1.06. The minimum atomic E-state index is -0.528. The lowest BCUT2D eigenvalue weighted by Gasteiger charge is -2.23. The summed E-state index contributed by atoms with van der Waals surface area (Å²) in [6.45, 7) is 12.4. The van der Waals surface area contributed by atoms with Crippen LogP contribution in [-0.4, -0.2) is 23.1 Å². The summed E-state index contributed by atoms with van der Waals surface area (Å²) in [4.78, 5) is 23.1. The van der Waals surface area contributed by atoms with Gasteiger partial charge < -0.3 is 9.47 Å². The van der Waals surface area contributed by atoms with Crippen LogP contribution < -0.4 is 0 Å². The Kier molecular flexibility index (Phi) is 5.17. The molecule has 0 radical (unpaired) electrons. The lowest BCUT2D eigenvalue weighted by Crippen LogP contribution is -2.30. The minimum Gasteiger partial charge on any atom is -0.460 e. The maximum atomic E-state index is 11.6. The third-order valence-corrected chi connectivity index (χ3v) is 1.70. The lowest BCUT2D eigenvalue weighted by molar-refractivity contribution is -0.166. The fourth-order valence-electron chi connectivity index (χ4n) is 1.12. The second kappa shape index (κ2) is 5.52. The highest BCUT2D eigenvalue weighted by Crippen LogP contribution is 2.16. The van der Waals surface area contributed by atoms with Crippen molar-refractivity contribution < 1.29 is 19.1 Å². The van der Waals surface area contributed by atoms with E-state index in [2.05, 4.69) is 0 Å². The van der Waals surface area contributed by atoms with Crippen LogP contribution in [0.25, 0.3) is 0 Å². The summed E-state index contributed by atoms with van der Waals surface area (Å²) in [5, 5.41) is 0. The zero-order valence-corrected chi connectivity index (χ0v) is 11.9. The van der Waals surface area contributed by atoms with Gasteiger partial charge in [0.05, 0.1) is 12.3 Å². The van der Waals surface area contributed by atoms with Crippen LogP contribution >= 0.6 is 0 Å². The number of esters is 2. The van der Waals surface area contributed by atoms with E-state index >= 15 is 0 Å². The third kappa shape index (κ3) is 8.72. The molecule has 4 nitrogen and oxygen atoms in total. The van der Waals surface area contributed by atoms with E-state index in [0.29, 0.717) is 0 Å². The number of hydrogen-bond donors (Lipinski definition) is 0. The summed E-state index contributed by atoms with van der Waals surface area (Å²) in [6.07, 6.45) is 0.0478. The van der Waals surface area contributed by atoms with Crippen molar-refractivity contribution in [1.82, 2.24) is 0 Å². The first-order valence-corrected chi connectivity index (χ1v) is 5.85. The van der Waals surface area contributed by atoms with Crippen LogP contribution in [0.4, 0.5) is 0 Å². The monoisotopic (exact) mass is 244 g/mol. The number of carbonyl (C=O) groups is 2. The van der Waals surface area contributed by atoms with Gasteiger partial charge in [0.15, 0.2) is 0 Å². The summed E-state index contributed by atoms with van der Waals surface area (Å²) in [5.41, 5.74) is -1.05. The smallest absolute Gasteiger partial charge is 0.309 e. The molecule has 0 amide bonds. The molecule has 4 heteroatoms. The van der Waals surface area contributed by atoms with Gasteiger partial charge in [0.1, 0.15) is 11.2 Å². The summed E-state index contributed by atoms with van der Waals surface area (Å²) in [5.74, 6) is -1.23. The van der Waals surface area contributed by atoms with Crippen molar-refractivity contribution in [3.63, 3.8) is 0 Å². The van der Waals surface area contributed by atoms with Crippen LogP contribution in [0.2, 0.25) is 0 Å². The molecule has 1 atom stereocenters. The SMILES string of the molecule is C[C@H](CC(=O)OC(C)(C)C)C(=O)OC(C)(C)C. The molecule has 17 heavy (non-hydrogen) atoms. The molecule has 0 unspecified atom stereocenters. The molecular formula is C13H24O4. The fourth-order valence-corrected chi connectivity index (χ4v) is 1.12. The Bertz CT molecular complexity index is 281. The average molecular weight is 244 g/mol. The Morgan fingerprint density at radius 1 is 0.941 bits per heavy atom. The van der Waals surface area contributed by atoms with Crippen molar-refractivity contribution >= 4 is 11.9 Å². The molecule has 0 aliphatic rings. The Morgan fingerprint density at radius 3 is 1.71 bits per heavy atom. The van der Waals surface area contributed by atoms with Crippen LogP contribution in [-0.2, 0) is 19.1 Å². The van der Waals surface area contributed by atoms with E-state index in [4.69, 9.17) is 9.47 Å². The molecule has 100 valence electrons. The van der Waals surface area contributed by atoms with Crippen LogP contribution in [0.5, 0.6) is 0 Å². The zero-order valence-electron chi connectivity index (χ0n) is 11.9. The lowest BCUT2D eigenvalue weighted by atomic mass is 10.1. The van der Waals surface area contributed by atoms with Gasteiger partial charge in [0.2, 0.25) is 0 Å². The maximum Gasteiger partial charge on any atom is 0.309 e. The predicted molar refractivity (Wildman–Crippen MR) is 65.5 cm³/mol. The summed E-state index contributed by atoms with van der Waals surface area (Å²) < 4.78 is 10.3. The molecular weight excluding hydrogens is 220 g/mol. The molecule has 0 N–H and O–H groups in total. The summed E-state index contributed by atoms with van der Waals surface area (Å²) in [6, 6.07) is 0. The van der Waals surface area contributed by atoms with Gasteiger partial charge in [-0.3, -0.25) is 9.59 Å². The Morgan fingerprint density at radius 2 is 1.35 bits per heavy atom. The summed E-state index contributed by atoms with van der Waals surface area (Å²) >= 11 is 0. The first kappa shape index (κ1) is 15.9. The van der Waals surface area contributed by atoms with E-state index in [1.807, 2.05) is 0 Å². The molecule has 0 bridgehead atoms. The molecule has 0 heterocycles. The third-order valence-electron chi connectivity index (χ3n) is 1.70. The van der Waals surface area contributed by atoms with Gasteiger partial charge in [0.25, 0.3) is 0 Å². The molecule has 0 aliphatic carbocycles. The van der Waals surface area contributed by atoms with E-state index in [-0.39, 0.29) is 18.4 Å². The molecule has 0 saturated heterocycles. The van der Waals surface area contributed by atoms with Crippen LogP contribution in [0.15, 0.2) is 0 Å². The molecule has 0 aliphatic heterocycles. The highest BCUT2D eigenvalue weighted by Gasteiger charge is 2.26. The van der Waals surface area contributed by atoms with Gasteiger partial charge in [-0.2, -0.15) is 0 Å². The quantitative estimate of drug-likeness (QED) is 0.716. The highest BCUT2D eigenvalue weighted by molar-refractivity contribution is 5.80. The number of carbonyl (C=O) groups excluding carboxylic acids is 2. The molecule has 0 spiro atoms. The largest absolute Gasteiger partial charge is 0.460 e. The molecule has 0 aromatic rings. The van der Waals surface area contributed by atoms with Crippen LogP contribution in [0, 0.1) is 5.92 Å². The topological polar surface area (TPSA) is 52.6 Å². The summed E-state index contributed by atoms with van der Waals surface area (Å²) in [7, 11) is 0. The normalized spacial score (nSPS) is 14.1. The Labute approximate surface area is 104 Å². The fraction of sp³-hybridized carbons (Fsp3) is 0.846. The number of hydrogen-bond acceptors (Lipinski definition) is 4. The van der Waals surface area contributed by atoms with Crippen molar-refractivity contribution in [3.05, 3.63) is 0 Å². The molecule has 0 rings (SSSR count). The van der Waals surface area contributed by atoms with E-state index in [1.54, 1.807) is 48.5 Å². The van der Waals surface area contributed by atoms with E-state index in [9.17, 15) is 9.59 Å². The first-order valence-electron chi connectivity index (χ1n) is 5.85. The van der Waals surface area contributed by atoms with Gasteiger partial charge in [0, 0.05) is 0 Å². The molecule has 0 aromatic heterocycles. The predicted octanol–water partition coefficient (Wildman–Crippen LogP) is 2.70. The van der Waals surface area contributed by atoms with Crippen LogP contribution in [0.1, 0.15) is 54.9 Å². The second-order valence-electron chi connectivity index (χ2n) is 6.23. The average Bonchev–Trinajstić information content (AvgIpc) is 1.95.